The third-order valence-corrected chi connectivity index (χ3v) is 9.60. The molecule has 0 bridgehead atoms. The zero-order valence-corrected chi connectivity index (χ0v) is 25.1. The molecule has 188 valence electrons. The summed E-state index contributed by atoms with van der Waals surface area (Å²) in [6.07, 6.45) is 3.71. The van der Waals surface area contributed by atoms with Crippen LogP contribution in [0.5, 0.6) is 0 Å². The molecule has 0 unspecified atom stereocenters. The minimum Gasteiger partial charge on any atom is -0.463 e. The molecule has 37 heavy (non-hydrogen) atoms. The van der Waals surface area contributed by atoms with Crippen LogP contribution in [-0.4, -0.2) is 23.4 Å². The van der Waals surface area contributed by atoms with Crippen molar-refractivity contribution >= 4 is 79.4 Å². The van der Waals surface area contributed by atoms with Crippen LogP contribution >= 0.6 is 61.6 Å². The number of aromatic nitrogens is 1. The Bertz CT molecular complexity index is 1670. The highest BCUT2D eigenvalue weighted by molar-refractivity contribution is 14.1. The van der Waals surface area contributed by atoms with Gasteiger partial charge in [0.2, 0.25) is 0 Å². The maximum atomic E-state index is 13.8. The van der Waals surface area contributed by atoms with Crippen molar-refractivity contribution in [1.29, 1.82) is 0 Å². The largest absolute Gasteiger partial charge is 0.463 e. The lowest BCUT2D eigenvalue weighted by molar-refractivity contribution is -0.138. The SMILES string of the molecule is CCOC(=O)C1=C(c2ccccc2)N=c2s/c(=C/c3cc(Br)c(I)o3)c(=O)n2[C@H]1c1ccc(SC)cc1. The first-order valence-electron chi connectivity index (χ1n) is 11.3. The second kappa shape index (κ2) is 11.1. The van der Waals surface area contributed by atoms with Crippen molar-refractivity contribution in [3.05, 3.63) is 111 Å². The van der Waals surface area contributed by atoms with Crippen LogP contribution in [0.1, 0.15) is 29.9 Å². The Balaban J connectivity index is 1.82. The van der Waals surface area contributed by atoms with E-state index in [2.05, 4.69) is 38.5 Å². The third kappa shape index (κ3) is 5.16. The summed E-state index contributed by atoms with van der Waals surface area (Å²) in [5.41, 5.74) is 2.16. The summed E-state index contributed by atoms with van der Waals surface area (Å²) in [7, 11) is 0. The molecular weight excluding hydrogens is 687 g/mol. The van der Waals surface area contributed by atoms with Gasteiger partial charge in [0.1, 0.15) is 5.76 Å². The highest BCUT2D eigenvalue weighted by Crippen LogP contribution is 2.35. The number of carbonyl (C=O) groups is 1. The molecule has 0 aliphatic carbocycles. The first kappa shape index (κ1) is 26.2. The summed E-state index contributed by atoms with van der Waals surface area (Å²) in [4.78, 5) is 33.7. The number of hydrogen-bond acceptors (Lipinski definition) is 7. The van der Waals surface area contributed by atoms with E-state index in [0.29, 0.717) is 30.1 Å². The van der Waals surface area contributed by atoms with Crippen LogP contribution in [0.4, 0.5) is 0 Å². The third-order valence-electron chi connectivity index (χ3n) is 5.74. The molecule has 2 aromatic heterocycles. The predicted molar refractivity (Wildman–Crippen MR) is 158 cm³/mol. The fourth-order valence-corrected chi connectivity index (χ4v) is 6.21. The number of fused-ring (bicyclic) bond motifs is 1. The number of nitrogens with zero attached hydrogens (tertiary/aromatic N) is 2. The predicted octanol–water partition coefficient (Wildman–Crippen LogP) is 5.62. The van der Waals surface area contributed by atoms with E-state index in [-0.39, 0.29) is 12.2 Å². The van der Waals surface area contributed by atoms with Gasteiger partial charge in [-0.15, -0.1) is 11.8 Å². The van der Waals surface area contributed by atoms with Gasteiger partial charge in [-0.05, 0) is 52.9 Å². The number of rotatable bonds is 6. The second-order valence-corrected chi connectivity index (χ2v) is 11.7. The summed E-state index contributed by atoms with van der Waals surface area (Å²) in [6.45, 7) is 1.97. The van der Waals surface area contributed by atoms with Crippen LogP contribution < -0.4 is 14.9 Å². The Morgan fingerprint density at radius 2 is 1.97 bits per heavy atom. The van der Waals surface area contributed by atoms with Gasteiger partial charge in [-0.1, -0.05) is 53.8 Å². The van der Waals surface area contributed by atoms with E-state index in [4.69, 9.17) is 14.1 Å². The molecular formula is C27H20BrIN2O4S2. The molecule has 1 atom stereocenters. The molecule has 4 aromatic rings. The fourth-order valence-electron chi connectivity index (χ4n) is 4.11. The summed E-state index contributed by atoms with van der Waals surface area (Å²) in [5.74, 6) is 0.0538. The lowest BCUT2D eigenvalue weighted by atomic mass is 9.93. The lowest BCUT2D eigenvalue weighted by Crippen LogP contribution is -2.40. The molecule has 10 heteroatoms. The van der Waals surface area contributed by atoms with Gasteiger partial charge in [0.25, 0.3) is 5.56 Å². The highest BCUT2D eigenvalue weighted by Gasteiger charge is 2.35. The maximum Gasteiger partial charge on any atom is 0.338 e. The molecule has 0 fully saturated rings. The summed E-state index contributed by atoms with van der Waals surface area (Å²) in [6, 6.07) is 18.5. The number of benzene rings is 2. The molecule has 2 aromatic carbocycles. The molecule has 3 heterocycles. The first-order chi connectivity index (χ1) is 17.9. The van der Waals surface area contributed by atoms with Crippen LogP contribution in [0.3, 0.4) is 0 Å². The highest BCUT2D eigenvalue weighted by atomic mass is 127. The minimum absolute atomic E-state index is 0.207. The number of esters is 1. The van der Waals surface area contributed by atoms with Gasteiger partial charge < -0.3 is 9.15 Å². The lowest BCUT2D eigenvalue weighted by Gasteiger charge is -2.26. The molecule has 1 aliphatic heterocycles. The van der Waals surface area contributed by atoms with E-state index in [1.54, 1.807) is 29.3 Å². The van der Waals surface area contributed by atoms with E-state index < -0.39 is 12.0 Å². The second-order valence-electron chi connectivity index (χ2n) is 7.98. The molecule has 5 rings (SSSR count). The first-order valence-corrected chi connectivity index (χ1v) is 15.2. The van der Waals surface area contributed by atoms with Gasteiger partial charge in [-0.2, -0.15) is 0 Å². The molecule has 0 radical (unpaired) electrons. The van der Waals surface area contributed by atoms with Crippen LogP contribution in [0.15, 0.2) is 89.8 Å². The number of carbonyl (C=O) groups excluding carboxylic acids is 1. The van der Waals surface area contributed by atoms with Crippen LogP contribution in [0.2, 0.25) is 0 Å². The van der Waals surface area contributed by atoms with Crippen molar-refractivity contribution in [2.45, 2.75) is 17.9 Å². The number of halogens is 2. The van der Waals surface area contributed by atoms with Crippen LogP contribution in [-0.2, 0) is 9.53 Å². The number of thiazole rings is 1. The van der Waals surface area contributed by atoms with E-state index in [0.717, 1.165) is 20.5 Å². The fraction of sp³-hybridized carbons (Fsp3) is 0.148. The van der Waals surface area contributed by atoms with Crippen LogP contribution in [0, 0.1) is 3.77 Å². The number of ether oxygens (including phenoxy) is 1. The maximum absolute atomic E-state index is 13.8. The summed E-state index contributed by atoms with van der Waals surface area (Å²) >= 11 is 8.42. The molecule has 0 spiro atoms. The quantitative estimate of drug-likeness (QED) is 0.148. The molecule has 0 saturated carbocycles. The molecule has 6 nitrogen and oxygen atoms in total. The van der Waals surface area contributed by atoms with E-state index in [1.165, 1.54) is 11.3 Å². The van der Waals surface area contributed by atoms with Crippen molar-refractivity contribution < 1.29 is 13.9 Å². The Labute approximate surface area is 243 Å². The van der Waals surface area contributed by atoms with Crippen molar-refractivity contribution in [2.24, 2.45) is 4.99 Å². The molecule has 0 saturated heterocycles. The Kier molecular flexibility index (Phi) is 7.89. The molecule has 0 amide bonds. The van der Waals surface area contributed by atoms with Gasteiger partial charge in [0.15, 0.2) is 8.57 Å². The van der Waals surface area contributed by atoms with Crippen LogP contribution in [0.25, 0.3) is 11.8 Å². The normalized spacial score (nSPS) is 15.5. The Morgan fingerprint density at radius 3 is 2.59 bits per heavy atom. The number of hydrogen-bond donors (Lipinski definition) is 0. The monoisotopic (exact) mass is 706 g/mol. The van der Waals surface area contributed by atoms with Gasteiger partial charge in [0, 0.05) is 39.1 Å². The minimum atomic E-state index is -0.702. The van der Waals surface area contributed by atoms with E-state index in [9.17, 15) is 9.59 Å². The van der Waals surface area contributed by atoms with Crippen molar-refractivity contribution in [2.75, 3.05) is 12.9 Å². The average molecular weight is 707 g/mol. The Hall–Kier alpha value is -2.41. The van der Waals surface area contributed by atoms with E-state index >= 15 is 0 Å². The summed E-state index contributed by atoms with van der Waals surface area (Å²) in [5, 5.41) is 0. The van der Waals surface area contributed by atoms with Gasteiger partial charge in [0.05, 0.1) is 32.9 Å². The van der Waals surface area contributed by atoms with E-state index in [1.807, 2.05) is 66.9 Å². The smallest absolute Gasteiger partial charge is 0.338 e. The van der Waals surface area contributed by atoms with Crippen molar-refractivity contribution in [3.8, 4) is 0 Å². The van der Waals surface area contributed by atoms with Crippen molar-refractivity contribution in [3.63, 3.8) is 0 Å². The number of thioether (sulfide) groups is 1. The van der Waals surface area contributed by atoms with Crippen molar-refractivity contribution in [1.82, 2.24) is 4.57 Å². The van der Waals surface area contributed by atoms with Gasteiger partial charge in [-0.25, -0.2) is 9.79 Å². The average Bonchev–Trinajstić information content (AvgIpc) is 3.40. The zero-order valence-electron chi connectivity index (χ0n) is 19.7. The molecule has 0 N–H and O–H groups in total. The summed E-state index contributed by atoms with van der Waals surface area (Å²) < 4.78 is 14.8. The van der Waals surface area contributed by atoms with Gasteiger partial charge >= 0.3 is 5.97 Å². The topological polar surface area (TPSA) is 73.8 Å². The molecule has 1 aliphatic rings. The Morgan fingerprint density at radius 1 is 1.24 bits per heavy atom. The van der Waals surface area contributed by atoms with Gasteiger partial charge in [-0.3, -0.25) is 9.36 Å². The standard InChI is InChI=1S/C27H20BrIN2O4S2/c1-3-34-26(33)21-22(15-7-5-4-6-8-15)30-27-31(23(21)16-9-11-18(36-2)12-10-16)25(32)20(37-27)14-17-13-19(28)24(29)35-17/h4-14,23H,3H2,1-2H3/b20-14+/t23-/m0/s1. The zero-order chi connectivity index (χ0) is 26.1. The number of furan rings is 1.